The van der Waals surface area contributed by atoms with Crippen LogP contribution in [0.2, 0.25) is 0 Å². The number of amides is 2. The first-order valence-corrected chi connectivity index (χ1v) is 9.63. The Hall–Kier alpha value is -3.26. The molecule has 1 aliphatic heterocycles. The van der Waals surface area contributed by atoms with Crippen molar-refractivity contribution in [3.8, 4) is 0 Å². The van der Waals surface area contributed by atoms with Crippen molar-refractivity contribution in [2.45, 2.75) is 37.8 Å². The van der Waals surface area contributed by atoms with Gasteiger partial charge < -0.3 is 10.2 Å². The van der Waals surface area contributed by atoms with Crippen molar-refractivity contribution < 1.29 is 19.6 Å². The van der Waals surface area contributed by atoms with Crippen molar-refractivity contribution in [2.75, 3.05) is 0 Å². The first kappa shape index (κ1) is 19.1. The van der Waals surface area contributed by atoms with Crippen LogP contribution >= 0.6 is 0 Å². The number of rotatable bonds is 5. The first-order chi connectivity index (χ1) is 14.2. The van der Waals surface area contributed by atoms with Crippen molar-refractivity contribution in [3.05, 3.63) is 65.5 Å². The topological polar surface area (TPSA) is 113 Å². The summed E-state index contributed by atoms with van der Waals surface area (Å²) in [6.07, 6.45) is 6.16. The molecule has 1 aromatic carbocycles. The molecule has 29 heavy (non-hydrogen) atoms. The molecular weight excluding hydrogens is 372 g/mol. The Bertz CT molecular complexity index is 914. The molecule has 4 rings (SSSR count). The highest BCUT2D eigenvalue weighted by atomic mass is 16.6. The summed E-state index contributed by atoms with van der Waals surface area (Å²) in [6, 6.07) is 10.7. The lowest BCUT2D eigenvalue weighted by Gasteiger charge is -2.19. The number of hydrogen-bond donors (Lipinski definition) is 3. The van der Waals surface area contributed by atoms with E-state index >= 15 is 0 Å². The fourth-order valence-corrected chi connectivity index (χ4v) is 3.90. The molecule has 2 amide bonds. The molecule has 2 heterocycles. The van der Waals surface area contributed by atoms with Gasteiger partial charge in [0, 0.05) is 30.4 Å². The van der Waals surface area contributed by atoms with Crippen molar-refractivity contribution >= 4 is 17.5 Å². The third-order valence-corrected chi connectivity index (χ3v) is 5.51. The van der Waals surface area contributed by atoms with Gasteiger partial charge in [0.25, 0.3) is 5.91 Å². The number of hydroxylamine groups is 1. The van der Waals surface area contributed by atoms with E-state index < -0.39 is 11.8 Å². The molecule has 3 atom stereocenters. The normalized spacial score (nSPS) is 23.2. The molecule has 2 aromatic rings. The summed E-state index contributed by atoms with van der Waals surface area (Å²) in [5, 5.41) is 15.9. The molecular formula is C21H22N4O4. The number of hydrogen-bond acceptors (Lipinski definition) is 6. The van der Waals surface area contributed by atoms with Crippen LogP contribution < -0.4 is 10.8 Å². The SMILES string of the molecule is O=C(NC1CCCC1C(=O)NO)c1ccc(C2=NOC(c3ccncc3)C2)cc1. The summed E-state index contributed by atoms with van der Waals surface area (Å²) >= 11 is 0. The van der Waals surface area contributed by atoms with Gasteiger partial charge in [-0.2, -0.15) is 0 Å². The van der Waals surface area contributed by atoms with Crippen molar-refractivity contribution in [2.24, 2.45) is 11.1 Å². The van der Waals surface area contributed by atoms with E-state index in [-0.39, 0.29) is 18.1 Å². The average molecular weight is 394 g/mol. The minimum Gasteiger partial charge on any atom is -0.387 e. The number of carbonyl (C=O) groups is 2. The summed E-state index contributed by atoms with van der Waals surface area (Å²) in [5.41, 5.74) is 4.94. The van der Waals surface area contributed by atoms with Crippen LogP contribution in [0.5, 0.6) is 0 Å². The van der Waals surface area contributed by atoms with Crippen molar-refractivity contribution in [1.29, 1.82) is 0 Å². The summed E-state index contributed by atoms with van der Waals surface area (Å²) in [7, 11) is 0. The van der Waals surface area contributed by atoms with Gasteiger partial charge in [0.15, 0.2) is 6.10 Å². The molecule has 1 aromatic heterocycles. The Morgan fingerprint density at radius 2 is 1.83 bits per heavy atom. The van der Waals surface area contributed by atoms with Gasteiger partial charge in [-0.05, 0) is 48.2 Å². The second-order valence-corrected chi connectivity index (χ2v) is 7.29. The van der Waals surface area contributed by atoms with Crippen LogP contribution in [-0.2, 0) is 9.63 Å². The predicted octanol–water partition coefficient (Wildman–Crippen LogP) is 2.35. The number of oxime groups is 1. The highest BCUT2D eigenvalue weighted by Crippen LogP contribution is 2.29. The maximum Gasteiger partial charge on any atom is 0.251 e. The molecule has 1 saturated carbocycles. The fourth-order valence-electron chi connectivity index (χ4n) is 3.90. The number of aromatic nitrogens is 1. The molecule has 0 radical (unpaired) electrons. The predicted molar refractivity (Wildman–Crippen MR) is 104 cm³/mol. The van der Waals surface area contributed by atoms with Crippen LogP contribution in [0.3, 0.4) is 0 Å². The number of nitrogens with one attached hydrogen (secondary N) is 2. The molecule has 0 saturated heterocycles. The van der Waals surface area contributed by atoms with E-state index in [9.17, 15) is 9.59 Å². The highest BCUT2D eigenvalue weighted by molar-refractivity contribution is 6.02. The van der Waals surface area contributed by atoms with Gasteiger partial charge in [-0.1, -0.05) is 23.7 Å². The number of carbonyl (C=O) groups excluding carboxylic acids is 2. The molecule has 1 fully saturated rings. The summed E-state index contributed by atoms with van der Waals surface area (Å²) in [5.74, 6) is -1.09. The second kappa shape index (κ2) is 8.40. The summed E-state index contributed by atoms with van der Waals surface area (Å²) in [4.78, 5) is 33.8. The van der Waals surface area contributed by atoms with Gasteiger partial charge in [0.1, 0.15) is 0 Å². The molecule has 8 heteroatoms. The van der Waals surface area contributed by atoms with Crippen LogP contribution in [0.1, 0.15) is 53.3 Å². The van der Waals surface area contributed by atoms with E-state index in [0.717, 1.165) is 23.3 Å². The van der Waals surface area contributed by atoms with E-state index in [0.29, 0.717) is 24.8 Å². The monoisotopic (exact) mass is 394 g/mol. The molecule has 2 aliphatic rings. The first-order valence-electron chi connectivity index (χ1n) is 9.63. The lowest BCUT2D eigenvalue weighted by molar-refractivity contribution is -0.133. The van der Waals surface area contributed by atoms with Crippen molar-refractivity contribution in [3.63, 3.8) is 0 Å². The molecule has 3 unspecified atom stereocenters. The minimum absolute atomic E-state index is 0.132. The fraction of sp³-hybridized carbons (Fsp3) is 0.333. The molecule has 0 bridgehead atoms. The van der Waals surface area contributed by atoms with E-state index in [2.05, 4.69) is 15.5 Å². The third kappa shape index (κ3) is 4.12. The zero-order valence-corrected chi connectivity index (χ0v) is 15.7. The van der Waals surface area contributed by atoms with E-state index in [4.69, 9.17) is 10.0 Å². The zero-order chi connectivity index (χ0) is 20.2. The Morgan fingerprint density at radius 3 is 2.55 bits per heavy atom. The molecule has 1 aliphatic carbocycles. The molecule has 8 nitrogen and oxygen atoms in total. The standard InChI is InChI=1S/C21H22N4O4/c26-20(23-17-3-1-2-16(17)21(27)24-28)15-6-4-13(5-7-15)18-12-19(29-25-18)14-8-10-22-11-9-14/h4-11,16-17,19,28H,1-3,12H2,(H,23,26)(H,24,27). The maximum atomic E-state index is 12.6. The Kier molecular flexibility index (Phi) is 5.53. The number of pyridine rings is 1. The van der Waals surface area contributed by atoms with E-state index in [1.165, 1.54) is 0 Å². The largest absolute Gasteiger partial charge is 0.387 e. The van der Waals surface area contributed by atoms with Gasteiger partial charge in [-0.15, -0.1) is 0 Å². The van der Waals surface area contributed by atoms with Gasteiger partial charge in [0.2, 0.25) is 5.91 Å². The van der Waals surface area contributed by atoms with Gasteiger partial charge in [-0.3, -0.25) is 19.8 Å². The number of nitrogens with zero attached hydrogens (tertiary/aromatic N) is 2. The van der Waals surface area contributed by atoms with Crippen molar-refractivity contribution in [1.82, 2.24) is 15.8 Å². The zero-order valence-electron chi connectivity index (χ0n) is 15.7. The van der Waals surface area contributed by atoms with Gasteiger partial charge in [0.05, 0.1) is 11.6 Å². The third-order valence-electron chi connectivity index (χ3n) is 5.51. The Balaban J connectivity index is 1.38. The Labute approximate surface area is 167 Å². The molecule has 0 spiro atoms. The van der Waals surface area contributed by atoms with Gasteiger partial charge in [-0.25, -0.2) is 5.48 Å². The summed E-state index contributed by atoms with van der Waals surface area (Å²) < 4.78 is 0. The Morgan fingerprint density at radius 1 is 1.07 bits per heavy atom. The van der Waals surface area contributed by atoms with Crippen LogP contribution in [0.15, 0.2) is 53.9 Å². The quantitative estimate of drug-likeness (QED) is 0.532. The van der Waals surface area contributed by atoms with Crippen LogP contribution in [0, 0.1) is 5.92 Å². The lowest BCUT2D eigenvalue weighted by atomic mass is 9.99. The maximum absolute atomic E-state index is 12.6. The lowest BCUT2D eigenvalue weighted by Crippen LogP contribution is -2.43. The summed E-state index contributed by atoms with van der Waals surface area (Å²) in [6.45, 7) is 0. The van der Waals surface area contributed by atoms with Crippen LogP contribution in [-0.4, -0.2) is 33.8 Å². The van der Waals surface area contributed by atoms with Gasteiger partial charge >= 0.3 is 0 Å². The molecule has 3 N–H and O–H groups in total. The minimum atomic E-state index is -0.453. The average Bonchev–Trinajstić information content (AvgIpc) is 3.44. The van der Waals surface area contributed by atoms with E-state index in [1.54, 1.807) is 30.0 Å². The molecule has 150 valence electrons. The number of benzene rings is 1. The highest BCUT2D eigenvalue weighted by Gasteiger charge is 2.34. The van der Waals surface area contributed by atoms with Crippen LogP contribution in [0.25, 0.3) is 0 Å². The smallest absolute Gasteiger partial charge is 0.251 e. The van der Waals surface area contributed by atoms with E-state index in [1.807, 2.05) is 24.3 Å². The second-order valence-electron chi connectivity index (χ2n) is 7.29. The van der Waals surface area contributed by atoms with Crippen LogP contribution in [0.4, 0.5) is 0 Å².